The molecule has 0 spiro atoms. The summed E-state index contributed by atoms with van der Waals surface area (Å²) in [5.41, 5.74) is 6.57. The van der Waals surface area contributed by atoms with Gasteiger partial charge in [-0.1, -0.05) is 38.5 Å². The zero-order chi connectivity index (χ0) is 13.1. The fourth-order valence-corrected chi connectivity index (χ4v) is 4.68. The second kappa shape index (κ2) is 6.11. The van der Waals surface area contributed by atoms with Crippen LogP contribution in [0.1, 0.15) is 64.2 Å². The summed E-state index contributed by atoms with van der Waals surface area (Å²) < 4.78 is 6.04. The summed E-state index contributed by atoms with van der Waals surface area (Å²) in [5.74, 6) is 0. The van der Waals surface area contributed by atoms with Crippen LogP contribution in [0.25, 0.3) is 0 Å². The number of hydrogen-bond acceptors (Lipinski definition) is 3. The fraction of sp³-hybridized carbons (Fsp3) is 1.00. The van der Waals surface area contributed by atoms with Crippen molar-refractivity contribution in [2.24, 2.45) is 5.73 Å². The lowest BCUT2D eigenvalue weighted by molar-refractivity contribution is -0.128. The van der Waals surface area contributed by atoms with Crippen molar-refractivity contribution in [2.75, 3.05) is 19.7 Å². The molecule has 3 fully saturated rings. The first-order chi connectivity index (χ1) is 9.36. The van der Waals surface area contributed by atoms with Crippen molar-refractivity contribution in [2.45, 2.75) is 81.9 Å². The van der Waals surface area contributed by atoms with Crippen LogP contribution in [0.4, 0.5) is 0 Å². The SMILES string of the molecule is NCC1(N2CCOC3CCCCC32)CCCCCC1. The van der Waals surface area contributed by atoms with Gasteiger partial charge in [0.05, 0.1) is 12.7 Å². The number of nitrogens with zero attached hydrogens (tertiary/aromatic N) is 1. The first-order valence-electron chi connectivity index (χ1n) is 8.44. The van der Waals surface area contributed by atoms with Gasteiger partial charge in [0.1, 0.15) is 0 Å². The zero-order valence-electron chi connectivity index (χ0n) is 12.3. The molecule has 110 valence electrons. The van der Waals surface area contributed by atoms with Gasteiger partial charge in [-0.15, -0.1) is 0 Å². The predicted octanol–water partition coefficient (Wildman–Crippen LogP) is 2.68. The van der Waals surface area contributed by atoms with E-state index in [9.17, 15) is 0 Å². The van der Waals surface area contributed by atoms with E-state index in [1.807, 2.05) is 0 Å². The lowest BCUT2D eigenvalue weighted by Gasteiger charge is -2.53. The molecule has 3 aliphatic rings. The molecule has 2 aliphatic carbocycles. The Morgan fingerprint density at radius 2 is 1.74 bits per heavy atom. The molecule has 19 heavy (non-hydrogen) atoms. The molecule has 0 aromatic carbocycles. The molecule has 3 rings (SSSR count). The van der Waals surface area contributed by atoms with Gasteiger partial charge in [0.2, 0.25) is 0 Å². The van der Waals surface area contributed by atoms with Crippen molar-refractivity contribution in [1.29, 1.82) is 0 Å². The van der Waals surface area contributed by atoms with Crippen LogP contribution >= 0.6 is 0 Å². The Labute approximate surface area is 117 Å². The second-order valence-corrected chi connectivity index (χ2v) is 6.80. The van der Waals surface area contributed by atoms with Gasteiger partial charge in [-0.3, -0.25) is 4.90 Å². The molecule has 1 heterocycles. The molecular weight excluding hydrogens is 236 g/mol. The third-order valence-corrected chi connectivity index (χ3v) is 5.76. The first-order valence-corrected chi connectivity index (χ1v) is 8.44. The van der Waals surface area contributed by atoms with E-state index in [0.29, 0.717) is 17.7 Å². The Bertz CT molecular complexity index is 284. The molecule has 0 aromatic rings. The summed E-state index contributed by atoms with van der Waals surface area (Å²) in [6, 6.07) is 0.657. The van der Waals surface area contributed by atoms with E-state index in [0.717, 1.165) is 19.7 Å². The average molecular weight is 266 g/mol. The lowest BCUT2D eigenvalue weighted by Crippen LogP contribution is -2.64. The van der Waals surface area contributed by atoms with Gasteiger partial charge in [0.25, 0.3) is 0 Å². The van der Waals surface area contributed by atoms with Crippen molar-refractivity contribution in [3.8, 4) is 0 Å². The fourth-order valence-electron chi connectivity index (χ4n) is 4.68. The molecule has 3 nitrogen and oxygen atoms in total. The molecular formula is C16H30N2O. The standard InChI is InChI=1S/C16H30N2O/c17-13-16(9-5-1-2-6-10-16)18-11-12-19-15-8-4-3-7-14(15)18/h14-15H,1-13,17H2. The first kappa shape index (κ1) is 13.8. The van der Waals surface area contributed by atoms with Crippen molar-refractivity contribution in [3.05, 3.63) is 0 Å². The van der Waals surface area contributed by atoms with E-state index < -0.39 is 0 Å². The monoisotopic (exact) mass is 266 g/mol. The van der Waals surface area contributed by atoms with E-state index in [2.05, 4.69) is 4.90 Å². The highest BCUT2D eigenvalue weighted by Gasteiger charge is 2.44. The number of morpholine rings is 1. The van der Waals surface area contributed by atoms with E-state index in [4.69, 9.17) is 10.5 Å². The molecule has 2 atom stereocenters. The molecule has 0 radical (unpaired) electrons. The van der Waals surface area contributed by atoms with Gasteiger partial charge in [-0.05, 0) is 25.7 Å². The lowest BCUT2D eigenvalue weighted by atomic mass is 9.81. The minimum Gasteiger partial charge on any atom is -0.375 e. The van der Waals surface area contributed by atoms with Gasteiger partial charge in [-0.2, -0.15) is 0 Å². The zero-order valence-corrected chi connectivity index (χ0v) is 12.3. The Balaban J connectivity index is 1.79. The van der Waals surface area contributed by atoms with Crippen LogP contribution in [0.15, 0.2) is 0 Å². The van der Waals surface area contributed by atoms with Crippen LogP contribution in [-0.4, -0.2) is 42.3 Å². The molecule has 2 N–H and O–H groups in total. The quantitative estimate of drug-likeness (QED) is 0.781. The van der Waals surface area contributed by atoms with Crippen LogP contribution in [0.3, 0.4) is 0 Å². The second-order valence-electron chi connectivity index (χ2n) is 6.80. The minimum atomic E-state index is 0.292. The summed E-state index contributed by atoms with van der Waals surface area (Å²) in [4.78, 5) is 2.80. The molecule has 0 aromatic heterocycles. The van der Waals surface area contributed by atoms with Crippen molar-refractivity contribution in [3.63, 3.8) is 0 Å². The molecule has 0 amide bonds. The Kier molecular flexibility index (Phi) is 4.45. The van der Waals surface area contributed by atoms with Gasteiger partial charge in [0, 0.05) is 24.7 Å². The highest BCUT2D eigenvalue weighted by molar-refractivity contribution is 5.00. The molecule has 0 bridgehead atoms. The largest absolute Gasteiger partial charge is 0.375 e. The summed E-state index contributed by atoms with van der Waals surface area (Å²) in [7, 11) is 0. The number of ether oxygens (including phenoxy) is 1. The number of nitrogens with two attached hydrogens (primary N) is 1. The predicted molar refractivity (Wildman–Crippen MR) is 78.2 cm³/mol. The maximum absolute atomic E-state index is 6.28. The minimum absolute atomic E-state index is 0.292. The third kappa shape index (κ3) is 2.70. The Morgan fingerprint density at radius 1 is 1.00 bits per heavy atom. The van der Waals surface area contributed by atoms with Crippen molar-refractivity contribution >= 4 is 0 Å². The van der Waals surface area contributed by atoms with Crippen LogP contribution < -0.4 is 5.73 Å². The van der Waals surface area contributed by atoms with Gasteiger partial charge in [-0.25, -0.2) is 0 Å². The normalized spacial score (nSPS) is 36.5. The van der Waals surface area contributed by atoms with Crippen molar-refractivity contribution < 1.29 is 4.74 Å². The molecule has 3 heteroatoms. The number of rotatable bonds is 2. The summed E-state index contributed by atoms with van der Waals surface area (Å²) in [6.45, 7) is 2.87. The Morgan fingerprint density at radius 3 is 2.47 bits per heavy atom. The average Bonchev–Trinajstić information content (AvgIpc) is 2.73. The maximum atomic E-state index is 6.28. The van der Waals surface area contributed by atoms with E-state index in [1.54, 1.807) is 0 Å². The smallest absolute Gasteiger partial charge is 0.0731 e. The summed E-state index contributed by atoms with van der Waals surface area (Å²) in [5, 5.41) is 0. The highest BCUT2D eigenvalue weighted by Crippen LogP contribution is 2.38. The highest BCUT2D eigenvalue weighted by atomic mass is 16.5. The van der Waals surface area contributed by atoms with Crippen LogP contribution in [0.2, 0.25) is 0 Å². The van der Waals surface area contributed by atoms with E-state index in [-0.39, 0.29) is 0 Å². The van der Waals surface area contributed by atoms with Crippen LogP contribution in [0, 0.1) is 0 Å². The molecule has 2 saturated carbocycles. The van der Waals surface area contributed by atoms with Crippen molar-refractivity contribution in [1.82, 2.24) is 4.90 Å². The summed E-state index contributed by atoms with van der Waals surface area (Å²) >= 11 is 0. The Hall–Kier alpha value is -0.120. The third-order valence-electron chi connectivity index (χ3n) is 5.76. The number of hydrogen-bond donors (Lipinski definition) is 1. The van der Waals surface area contributed by atoms with E-state index >= 15 is 0 Å². The van der Waals surface area contributed by atoms with Gasteiger partial charge >= 0.3 is 0 Å². The van der Waals surface area contributed by atoms with E-state index in [1.165, 1.54) is 64.2 Å². The molecule has 2 unspecified atom stereocenters. The maximum Gasteiger partial charge on any atom is 0.0731 e. The topological polar surface area (TPSA) is 38.5 Å². The number of fused-ring (bicyclic) bond motifs is 1. The van der Waals surface area contributed by atoms with Crippen LogP contribution in [-0.2, 0) is 4.74 Å². The van der Waals surface area contributed by atoms with Crippen LogP contribution in [0.5, 0.6) is 0 Å². The molecule has 1 saturated heterocycles. The van der Waals surface area contributed by atoms with Gasteiger partial charge in [0.15, 0.2) is 0 Å². The van der Waals surface area contributed by atoms with Gasteiger partial charge < -0.3 is 10.5 Å². The summed E-state index contributed by atoms with van der Waals surface area (Å²) in [6.07, 6.45) is 14.0. The molecule has 1 aliphatic heterocycles.